The molecule has 0 aliphatic carbocycles. The zero-order chi connectivity index (χ0) is 18.8. The van der Waals surface area contributed by atoms with Crippen molar-refractivity contribution < 1.29 is 9.18 Å². The molecule has 0 bridgehead atoms. The van der Waals surface area contributed by atoms with Crippen LogP contribution in [0.2, 0.25) is 5.02 Å². The fourth-order valence-corrected chi connectivity index (χ4v) is 3.10. The third kappa shape index (κ3) is 3.68. The summed E-state index contributed by atoms with van der Waals surface area (Å²) in [6.07, 6.45) is 1.96. The number of carbonyl (C=O) groups is 1. The van der Waals surface area contributed by atoms with Crippen LogP contribution in [0.15, 0.2) is 72.9 Å². The van der Waals surface area contributed by atoms with Crippen molar-refractivity contribution in [3.8, 4) is 11.3 Å². The Bertz CT molecular complexity index is 1120. The van der Waals surface area contributed by atoms with Crippen molar-refractivity contribution >= 4 is 28.8 Å². The van der Waals surface area contributed by atoms with Gasteiger partial charge in [0.15, 0.2) is 0 Å². The number of benzene rings is 2. The first kappa shape index (κ1) is 17.2. The van der Waals surface area contributed by atoms with E-state index in [-0.39, 0.29) is 12.3 Å². The highest BCUT2D eigenvalue weighted by Gasteiger charge is 2.17. The minimum atomic E-state index is -0.399. The molecule has 27 heavy (non-hydrogen) atoms. The fraction of sp³-hybridized carbons (Fsp3) is 0.0476. The molecule has 0 unspecified atom stereocenters. The number of carbonyl (C=O) groups excluding carboxylic acids is 1. The normalized spacial score (nSPS) is 10.9. The number of anilines is 1. The second kappa shape index (κ2) is 7.21. The largest absolute Gasteiger partial charge is 0.326 e. The highest BCUT2D eigenvalue weighted by molar-refractivity contribution is 6.30. The Morgan fingerprint density at radius 3 is 2.67 bits per heavy atom. The third-order valence-corrected chi connectivity index (χ3v) is 4.43. The van der Waals surface area contributed by atoms with Gasteiger partial charge in [-0.3, -0.25) is 4.79 Å². The smallest absolute Gasteiger partial charge is 0.230 e. The van der Waals surface area contributed by atoms with Gasteiger partial charge in [-0.25, -0.2) is 9.37 Å². The molecule has 2 aromatic heterocycles. The first-order valence-corrected chi connectivity index (χ1v) is 8.75. The Morgan fingerprint density at radius 1 is 1.07 bits per heavy atom. The Kier molecular flexibility index (Phi) is 4.60. The van der Waals surface area contributed by atoms with E-state index in [0.717, 1.165) is 16.9 Å². The second-order valence-electron chi connectivity index (χ2n) is 6.08. The van der Waals surface area contributed by atoms with Crippen LogP contribution >= 0.6 is 11.6 Å². The van der Waals surface area contributed by atoms with Crippen molar-refractivity contribution in [1.82, 2.24) is 9.38 Å². The maximum absolute atomic E-state index is 13.3. The minimum Gasteiger partial charge on any atom is -0.326 e. The van der Waals surface area contributed by atoms with Crippen LogP contribution in [-0.2, 0) is 11.2 Å². The molecule has 0 spiro atoms. The summed E-state index contributed by atoms with van der Waals surface area (Å²) >= 11 is 5.98. The van der Waals surface area contributed by atoms with E-state index in [0.29, 0.717) is 16.4 Å². The van der Waals surface area contributed by atoms with Crippen molar-refractivity contribution in [3.05, 3.63) is 89.5 Å². The van der Waals surface area contributed by atoms with Gasteiger partial charge in [0.1, 0.15) is 11.5 Å². The van der Waals surface area contributed by atoms with Crippen molar-refractivity contribution in [2.45, 2.75) is 6.42 Å². The molecule has 1 N–H and O–H groups in total. The molecule has 1 amide bonds. The summed E-state index contributed by atoms with van der Waals surface area (Å²) in [6.45, 7) is 0. The molecule has 0 fully saturated rings. The van der Waals surface area contributed by atoms with E-state index in [9.17, 15) is 9.18 Å². The molecule has 0 aliphatic rings. The van der Waals surface area contributed by atoms with E-state index in [4.69, 9.17) is 11.6 Å². The summed E-state index contributed by atoms with van der Waals surface area (Å²) < 4.78 is 15.2. The van der Waals surface area contributed by atoms with Gasteiger partial charge in [0, 0.05) is 22.5 Å². The van der Waals surface area contributed by atoms with Crippen molar-refractivity contribution in [2.24, 2.45) is 0 Å². The van der Waals surface area contributed by atoms with Gasteiger partial charge in [0.05, 0.1) is 17.8 Å². The number of fused-ring (bicyclic) bond motifs is 1. The third-order valence-electron chi connectivity index (χ3n) is 4.18. The van der Waals surface area contributed by atoms with E-state index < -0.39 is 5.82 Å². The second-order valence-corrected chi connectivity index (χ2v) is 6.51. The zero-order valence-corrected chi connectivity index (χ0v) is 14.9. The molecule has 0 saturated heterocycles. The van der Waals surface area contributed by atoms with Gasteiger partial charge in [-0.1, -0.05) is 35.9 Å². The molecule has 4 nitrogen and oxygen atoms in total. The van der Waals surface area contributed by atoms with Gasteiger partial charge in [-0.2, -0.15) is 0 Å². The summed E-state index contributed by atoms with van der Waals surface area (Å²) in [5.41, 5.74) is 3.50. The SMILES string of the molecule is O=C(Cc1c(-c2ccc(Cl)cc2)nc2ccccn12)Nc1cccc(F)c1. The number of nitrogens with zero attached hydrogens (tertiary/aromatic N) is 2. The monoisotopic (exact) mass is 379 g/mol. The predicted octanol–water partition coefficient (Wildman–Crippen LogP) is 4.98. The van der Waals surface area contributed by atoms with Crippen molar-refractivity contribution in [1.29, 1.82) is 0 Å². The van der Waals surface area contributed by atoms with Crippen LogP contribution in [0.5, 0.6) is 0 Å². The molecule has 0 radical (unpaired) electrons. The number of pyridine rings is 1. The van der Waals surface area contributed by atoms with Gasteiger partial charge in [0.2, 0.25) is 5.91 Å². The number of aromatic nitrogens is 2. The van der Waals surface area contributed by atoms with E-state index >= 15 is 0 Å². The summed E-state index contributed by atoms with van der Waals surface area (Å²) in [7, 11) is 0. The van der Waals surface area contributed by atoms with E-state index in [2.05, 4.69) is 10.3 Å². The Labute approximate surface area is 160 Å². The Hall–Kier alpha value is -3.18. The molecule has 2 heterocycles. The lowest BCUT2D eigenvalue weighted by Crippen LogP contribution is -2.16. The average molecular weight is 380 g/mol. The number of halogens is 2. The van der Waals surface area contributed by atoms with Crippen LogP contribution in [0.4, 0.5) is 10.1 Å². The summed E-state index contributed by atoms with van der Waals surface area (Å²) in [5.74, 6) is -0.647. The van der Waals surface area contributed by atoms with Gasteiger partial charge in [0.25, 0.3) is 0 Å². The summed E-state index contributed by atoms with van der Waals surface area (Å²) in [5, 5.41) is 3.36. The van der Waals surface area contributed by atoms with E-state index in [1.54, 1.807) is 24.3 Å². The van der Waals surface area contributed by atoms with Crippen LogP contribution in [0.1, 0.15) is 5.69 Å². The van der Waals surface area contributed by atoms with E-state index in [1.165, 1.54) is 12.1 Å². The Balaban J connectivity index is 1.70. The zero-order valence-electron chi connectivity index (χ0n) is 14.2. The van der Waals surface area contributed by atoms with Crippen LogP contribution < -0.4 is 5.32 Å². The summed E-state index contributed by atoms with van der Waals surface area (Å²) in [6, 6.07) is 18.8. The minimum absolute atomic E-state index is 0.0969. The first-order valence-electron chi connectivity index (χ1n) is 8.37. The molecule has 6 heteroatoms. The quantitative estimate of drug-likeness (QED) is 0.544. The van der Waals surface area contributed by atoms with Crippen molar-refractivity contribution in [3.63, 3.8) is 0 Å². The predicted molar refractivity (Wildman–Crippen MR) is 104 cm³/mol. The molecule has 2 aromatic carbocycles. The number of imidazole rings is 1. The molecule has 134 valence electrons. The molecular formula is C21H15ClFN3O. The Morgan fingerprint density at radius 2 is 1.89 bits per heavy atom. The molecule has 0 saturated carbocycles. The fourth-order valence-electron chi connectivity index (χ4n) is 2.98. The maximum Gasteiger partial charge on any atom is 0.230 e. The van der Waals surface area contributed by atoms with E-state index in [1.807, 2.05) is 40.9 Å². The van der Waals surface area contributed by atoms with Crippen LogP contribution in [0, 0.1) is 5.82 Å². The number of nitrogens with one attached hydrogen (secondary N) is 1. The topological polar surface area (TPSA) is 46.4 Å². The van der Waals surface area contributed by atoms with Gasteiger partial charge in [-0.15, -0.1) is 0 Å². The van der Waals surface area contributed by atoms with Crippen molar-refractivity contribution in [2.75, 3.05) is 5.32 Å². The number of rotatable bonds is 4. The van der Waals surface area contributed by atoms with Crippen LogP contribution in [-0.4, -0.2) is 15.3 Å². The first-order chi connectivity index (χ1) is 13.1. The molecule has 4 rings (SSSR count). The lowest BCUT2D eigenvalue weighted by atomic mass is 10.1. The number of amides is 1. The summed E-state index contributed by atoms with van der Waals surface area (Å²) in [4.78, 5) is 17.2. The van der Waals surface area contributed by atoms with Gasteiger partial charge in [-0.05, 0) is 42.5 Å². The van der Waals surface area contributed by atoms with Crippen LogP contribution in [0.25, 0.3) is 16.9 Å². The standard InChI is InChI=1S/C21H15ClFN3O/c22-15-9-7-14(8-10-15)21-18(26-11-2-1-6-19(26)25-21)13-20(27)24-17-5-3-4-16(23)12-17/h1-12H,13H2,(H,24,27). The number of hydrogen-bond donors (Lipinski definition) is 1. The average Bonchev–Trinajstić information content (AvgIpc) is 3.01. The maximum atomic E-state index is 13.3. The molecule has 4 aromatic rings. The molecular weight excluding hydrogens is 365 g/mol. The van der Waals surface area contributed by atoms with Crippen LogP contribution in [0.3, 0.4) is 0 Å². The van der Waals surface area contributed by atoms with Gasteiger partial charge >= 0.3 is 0 Å². The highest BCUT2D eigenvalue weighted by Crippen LogP contribution is 2.26. The lowest BCUT2D eigenvalue weighted by molar-refractivity contribution is -0.115. The molecule has 0 aliphatic heterocycles. The van der Waals surface area contributed by atoms with Gasteiger partial charge < -0.3 is 9.72 Å². The number of hydrogen-bond acceptors (Lipinski definition) is 2. The highest BCUT2D eigenvalue weighted by atomic mass is 35.5. The molecule has 0 atom stereocenters. The lowest BCUT2D eigenvalue weighted by Gasteiger charge is -2.08.